The molecule has 0 radical (unpaired) electrons. The Hall–Kier alpha value is -1.49. The number of hydrogen-bond donors (Lipinski definition) is 2. The van der Waals surface area contributed by atoms with E-state index < -0.39 is 0 Å². The summed E-state index contributed by atoms with van der Waals surface area (Å²) >= 11 is 3.46. The normalized spacial score (nSPS) is 11.6. The largest absolute Gasteiger partial charge is 0.264 e. The van der Waals surface area contributed by atoms with Gasteiger partial charge in [-0.25, -0.2) is 0 Å². The van der Waals surface area contributed by atoms with E-state index in [0.29, 0.717) is 0 Å². The number of hydrazine groups is 1. The Labute approximate surface area is 121 Å². The predicted molar refractivity (Wildman–Crippen MR) is 82.5 cm³/mol. The molecule has 98 valence electrons. The van der Waals surface area contributed by atoms with Gasteiger partial charge >= 0.3 is 0 Å². The van der Waals surface area contributed by atoms with Crippen molar-refractivity contribution < 1.29 is 0 Å². The summed E-state index contributed by atoms with van der Waals surface area (Å²) in [5.74, 6) is 0. The maximum Gasteiger partial charge on any atom is 0.0346 e. The van der Waals surface area contributed by atoms with E-state index >= 15 is 0 Å². The molecule has 0 spiro atoms. The highest BCUT2D eigenvalue weighted by molar-refractivity contribution is 9.10. The van der Waals surface area contributed by atoms with Crippen molar-refractivity contribution in [3.05, 3.63) is 70.5 Å². The Bertz CT molecular complexity index is 535. The van der Waals surface area contributed by atoms with Gasteiger partial charge in [-0.15, -0.1) is 0 Å². The van der Waals surface area contributed by atoms with Gasteiger partial charge in [-0.1, -0.05) is 40.2 Å². The van der Waals surface area contributed by atoms with Crippen LogP contribution in [0.15, 0.2) is 59.3 Å². The Balaban J connectivity index is 2.34. The molecule has 0 unspecified atom stereocenters. The van der Waals surface area contributed by atoms with Gasteiger partial charge in [0.25, 0.3) is 0 Å². The van der Waals surface area contributed by atoms with E-state index in [1.807, 2.05) is 31.4 Å². The second kappa shape index (κ2) is 7.19. The maximum atomic E-state index is 4.19. The molecule has 1 aromatic heterocycles. The number of rotatable bonds is 5. The molecule has 0 amide bonds. The minimum atomic E-state index is 0.747. The molecule has 1 aromatic carbocycles. The average Bonchev–Trinajstić information content (AvgIpc) is 2.46. The molecule has 19 heavy (non-hydrogen) atoms. The van der Waals surface area contributed by atoms with Crippen LogP contribution in [0, 0.1) is 0 Å². The van der Waals surface area contributed by atoms with Crippen LogP contribution in [0.3, 0.4) is 0 Å². The minimum Gasteiger partial charge on any atom is -0.264 e. The Kier molecular flexibility index (Phi) is 5.27. The molecule has 4 heteroatoms. The zero-order valence-corrected chi connectivity index (χ0v) is 12.3. The monoisotopic (exact) mass is 317 g/mol. The van der Waals surface area contributed by atoms with Gasteiger partial charge in [0.2, 0.25) is 0 Å². The zero-order chi connectivity index (χ0) is 13.5. The lowest BCUT2D eigenvalue weighted by molar-refractivity contribution is 0.647. The highest BCUT2D eigenvalue weighted by Crippen LogP contribution is 2.23. The number of aromatic nitrogens is 1. The third-order valence-corrected chi connectivity index (χ3v) is 3.24. The first-order valence-corrected chi connectivity index (χ1v) is 6.86. The Morgan fingerprint density at radius 2 is 2.00 bits per heavy atom. The Morgan fingerprint density at radius 1 is 1.21 bits per heavy atom. The van der Waals surface area contributed by atoms with Gasteiger partial charge in [-0.05, 0) is 36.4 Å². The van der Waals surface area contributed by atoms with Crippen molar-refractivity contribution in [3.63, 3.8) is 0 Å². The van der Waals surface area contributed by atoms with Crippen LogP contribution in [0.4, 0.5) is 0 Å². The summed E-state index contributed by atoms with van der Waals surface area (Å²) in [6.07, 6.45) is 5.82. The highest BCUT2D eigenvalue weighted by Gasteiger charge is 2.04. The summed E-state index contributed by atoms with van der Waals surface area (Å²) in [6, 6.07) is 12.3. The molecule has 0 bridgehead atoms. The van der Waals surface area contributed by atoms with Crippen molar-refractivity contribution in [2.45, 2.75) is 0 Å². The fourth-order valence-electron chi connectivity index (χ4n) is 1.81. The molecule has 3 nitrogen and oxygen atoms in total. The van der Waals surface area contributed by atoms with Gasteiger partial charge < -0.3 is 0 Å². The van der Waals surface area contributed by atoms with Crippen molar-refractivity contribution in [2.24, 2.45) is 0 Å². The van der Waals surface area contributed by atoms with Gasteiger partial charge in [0.1, 0.15) is 0 Å². The second-order valence-corrected chi connectivity index (χ2v) is 4.91. The number of benzene rings is 1. The van der Waals surface area contributed by atoms with Crippen molar-refractivity contribution in [3.8, 4) is 0 Å². The number of nitrogens with zero attached hydrogens (tertiary/aromatic N) is 1. The van der Waals surface area contributed by atoms with Gasteiger partial charge in [-0.2, -0.15) is 0 Å². The number of hydrogen-bond acceptors (Lipinski definition) is 3. The van der Waals surface area contributed by atoms with Crippen LogP contribution in [-0.4, -0.2) is 18.6 Å². The molecular formula is C15H16BrN3. The summed E-state index contributed by atoms with van der Waals surface area (Å²) in [6.45, 7) is 0.747. The van der Waals surface area contributed by atoms with Crippen molar-refractivity contribution in [2.75, 3.05) is 13.6 Å². The summed E-state index contributed by atoms with van der Waals surface area (Å²) in [5.41, 5.74) is 9.45. The van der Waals surface area contributed by atoms with Crippen LogP contribution in [0.5, 0.6) is 0 Å². The van der Waals surface area contributed by atoms with E-state index in [1.54, 1.807) is 6.20 Å². The standard InChI is InChI=1S/C15H16BrN3/c1-17-19-10-8-15(13-3-2-9-18-11-13)12-4-6-14(16)7-5-12/h2-9,11,17,19H,10H2,1H3/b15-8-. The van der Waals surface area contributed by atoms with E-state index in [-0.39, 0.29) is 0 Å². The number of pyridine rings is 1. The van der Waals surface area contributed by atoms with Crippen LogP contribution < -0.4 is 10.9 Å². The molecule has 0 aliphatic carbocycles. The van der Waals surface area contributed by atoms with Crippen molar-refractivity contribution >= 4 is 21.5 Å². The molecule has 2 rings (SSSR count). The summed E-state index contributed by atoms with van der Waals surface area (Å²) in [5, 5.41) is 0. The molecule has 0 saturated carbocycles. The van der Waals surface area contributed by atoms with Gasteiger partial charge in [0.05, 0.1) is 0 Å². The maximum absolute atomic E-state index is 4.19. The SMILES string of the molecule is CNNC/C=C(/c1ccc(Br)cc1)c1cccnc1. The summed E-state index contributed by atoms with van der Waals surface area (Å²) in [4.78, 5) is 4.19. The van der Waals surface area contributed by atoms with Crippen LogP contribution in [0.1, 0.15) is 11.1 Å². The van der Waals surface area contributed by atoms with Gasteiger partial charge in [0, 0.05) is 29.0 Å². The third kappa shape index (κ3) is 3.99. The summed E-state index contributed by atoms with van der Waals surface area (Å²) in [7, 11) is 1.86. The first-order chi connectivity index (χ1) is 9.31. The molecule has 0 atom stereocenters. The van der Waals surface area contributed by atoms with E-state index in [2.05, 4.69) is 56.0 Å². The van der Waals surface area contributed by atoms with E-state index in [0.717, 1.165) is 16.6 Å². The molecule has 2 aromatic rings. The second-order valence-electron chi connectivity index (χ2n) is 4.00. The average molecular weight is 318 g/mol. The molecule has 0 saturated heterocycles. The lowest BCUT2D eigenvalue weighted by atomic mass is 9.99. The van der Waals surface area contributed by atoms with E-state index in [1.165, 1.54) is 11.1 Å². The fraction of sp³-hybridized carbons (Fsp3) is 0.133. The fourth-order valence-corrected chi connectivity index (χ4v) is 2.07. The quantitative estimate of drug-likeness (QED) is 0.657. The zero-order valence-electron chi connectivity index (χ0n) is 10.7. The molecule has 1 heterocycles. The number of nitrogens with one attached hydrogen (secondary N) is 2. The first kappa shape index (κ1) is 13.9. The van der Waals surface area contributed by atoms with Gasteiger partial charge in [0.15, 0.2) is 0 Å². The number of halogens is 1. The lowest BCUT2D eigenvalue weighted by Crippen LogP contribution is -2.27. The predicted octanol–water partition coefficient (Wildman–Crippen LogP) is 3.00. The first-order valence-electron chi connectivity index (χ1n) is 6.07. The van der Waals surface area contributed by atoms with Crippen molar-refractivity contribution in [1.82, 2.24) is 15.8 Å². The van der Waals surface area contributed by atoms with Crippen molar-refractivity contribution in [1.29, 1.82) is 0 Å². The van der Waals surface area contributed by atoms with E-state index in [4.69, 9.17) is 0 Å². The molecule has 0 aliphatic heterocycles. The van der Waals surface area contributed by atoms with Crippen LogP contribution in [0.25, 0.3) is 5.57 Å². The lowest BCUT2D eigenvalue weighted by Gasteiger charge is -2.09. The van der Waals surface area contributed by atoms with E-state index in [9.17, 15) is 0 Å². The Morgan fingerprint density at radius 3 is 2.63 bits per heavy atom. The smallest absolute Gasteiger partial charge is 0.0346 e. The molecule has 2 N–H and O–H groups in total. The molecule has 0 fully saturated rings. The molecular weight excluding hydrogens is 302 g/mol. The molecule has 0 aliphatic rings. The topological polar surface area (TPSA) is 37.0 Å². The third-order valence-electron chi connectivity index (χ3n) is 2.71. The highest BCUT2D eigenvalue weighted by atomic mass is 79.9. The minimum absolute atomic E-state index is 0.747. The van der Waals surface area contributed by atoms with Gasteiger partial charge in [-0.3, -0.25) is 15.8 Å². The van der Waals surface area contributed by atoms with Crippen LogP contribution in [0.2, 0.25) is 0 Å². The van der Waals surface area contributed by atoms with Crippen LogP contribution >= 0.6 is 15.9 Å². The van der Waals surface area contributed by atoms with Crippen LogP contribution in [-0.2, 0) is 0 Å². The summed E-state index contributed by atoms with van der Waals surface area (Å²) < 4.78 is 1.08.